The second-order valence-electron chi connectivity index (χ2n) is 5.32. The quantitative estimate of drug-likeness (QED) is 0.892. The van der Waals surface area contributed by atoms with Gasteiger partial charge in [0.05, 0.1) is 6.20 Å². The van der Waals surface area contributed by atoms with Gasteiger partial charge in [-0.3, -0.25) is 9.48 Å². The summed E-state index contributed by atoms with van der Waals surface area (Å²) in [6.07, 6.45) is 5.69. The number of hydrogen-bond donors (Lipinski definition) is 1. The molecular formula is C16H20ClN3O. The number of carbonyl (C=O) groups excluding carboxylic acids is 1. The summed E-state index contributed by atoms with van der Waals surface area (Å²) in [5.41, 5.74) is 2.21. The van der Waals surface area contributed by atoms with Crippen LogP contribution in [-0.2, 0) is 24.7 Å². The van der Waals surface area contributed by atoms with E-state index >= 15 is 0 Å². The Morgan fingerprint density at radius 2 is 2.24 bits per heavy atom. The molecule has 1 aromatic carbocycles. The number of amides is 1. The summed E-state index contributed by atoms with van der Waals surface area (Å²) >= 11 is 5.96. The van der Waals surface area contributed by atoms with Crippen molar-refractivity contribution in [3.63, 3.8) is 0 Å². The molecule has 1 atom stereocenters. The van der Waals surface area contributed by atoms with Crippen molar-refractivity contribution in [1.82, 2.24) is 15.1 Å². The number of benzene rings is 1. The van der Waals surface area contributed by atoms with Gasteiger partial charge in [-0.05, 0) is 43.0 Å². The Balaban J connectivity index is 1.76. The molecule has 1 amide bonds. The third-order valence-electron chi connectivity index (χ3n) is 3.24. The van der Waals surface area contributed by atoms with Crippen molar-refractivity contribution < 1.29 is 4.79 Å². The Labute approximate surface area is 130 Å². The van der Waals surface area contributed by atoms with Gasteiger partial charge in [0, 0.05) is 30.7 Å². The largest absolute Gasteiger partial charge is 0.353 e. The van der Waals surface area contributed by atoms with Crippen LogP contribution in [0.15, 0.2) is 36.7 Å². The summed E-state index contributed by atoms with van der Waals surface area (Å²) in [5.74, 6) is 0.0633. The number of rotatable bonds is 6. The summed E-state index contributed by atoms with van der Waals surface area (Å²) in [4.78, 5) is 11.9. The zero-order chi connectivity index (χ0) is 15.2. The molecule has 0 spiro atoms. The molecule has 1 heterocycles. The van der Waals surface area contributed by atoms with Crippen LogP contribution < -0.4 is 5.32 Å². The van der Waals surface area contributed by atoms with E-state index < -0.39 is 0 Å². The maximum absolute atomic E-state index is 11.9. The second-order valence-corrected chi connectivity index (χ2v) is 5.76. The van der Waals surface area contributed by atoms with Crippen LogP contribution in [0.25, 0.3) is 0 Å². The molecule has 2 aromatic rings. The first-order valence-corrected chi connectivity index (χ1v) is 7.42. The van der Waals surface area contributed by atoms with Gasteiger partial charge in [-0.25, -0.2) is 0 Å². The lowest BCUT2D eigenvalue weighted by Crippen LogP contribution is -2.34. The van der Waals surface area contributed by atoms with E-state index in [0.29, 0.717) is 12.8 Å². The number of aryl methyl sites for hydroxylation is 2. The topological polar surface area (TPSA) is 46.9 Å². The molecule has 0 fully saturated rings. The van der Waals surface area contributed by atoms with E-state index in [0.717, 1.165) is 22.6 Å². The van der Waals surface area contributed by atoms with Crippen molar-refractivity contribution in [2.75, 3.05) is 0 Å². The molecule has 2 rings (SSSR count). The van der Waals surface area contributed by atoms with E-state index in [2.05, 4.69) is 10.4 Å². The number of nitrogens with zero attached hydrogens (tertiary/aromatic N) is 2. The van der Waals surface area contributed by atoms with Gasteiger partial charge in [-0.1, -0.05) is 23.7 Å². The van der Waals surface area contributed by atoms with E-state index in [4.69, 9.17) is 11.6 Å². The van der Waals surface area contributed by atoms with Crippen molar-refractivity contribution >= 4 is 17.5 Å². The first-order valence-electron chi connectivity index (χ1n) is 7.04. The lowest BCUT2D eigenvalue weighted by molar-refractivity contribution is -0.121. The lowest BCUT2D eigenvalue weighted by Gasteiger charge is -2.14. The Morgan fingerprint density at radius 1 is 1.43 bits per heavy atom. The van der Waals surface area contributed by atoms with E-state index in [9.17, 15) is 4.79 Å². The van der Waals surface area contributed by atoms with Gasteiger partial charge in [0.1, 0.15) is 0 Å². The predicted molar refractivity (Wildman–Crippen MR) is 84.3 cm³/mol. The van der Waals surface area contributed by atoms with Crippen molar-refractivity contribution in [2.24, 2.45) is 7.05 Å². The first kappa shape index (κ1) is 15.6. The molecule has 0 unspecified atom stereocenters. The number of halogens is 1. The lowest BCUT2D eigenvalue weighted by atomic mass is 10.1. The molecule has 0 aliphatic rings. The fraction of sp³-hybridized carbons (Fsp3) is 0.375. The van der Waals surface area contributed by atoms with Gasteiger partial charge < -0.3 is 5.32 Å². The van der Waals surface area contributed by atoms with E-state index in [1.807, 2.05) is 44.4 Å². The fourth-order valence-corrected chi connectivity index (χ4v) is 2.49. The number of hydrogen-bond acceptors (Lipinski definition) is 2. The Bertz CT molecular complexity index is 609. The summed E-state index contributed by atoms with van der Waals surface area (Å²) < 4.78 is 1.75. The Hall–Kier alpha value is -1.81. The molecule has 0 radical (unpaired) electrons. The van der Waals surface area contributed by atoms with Gasteiger partial charge in [0.2, 0.25) is 5.91 Å². The highest BCUT2D eigenvalue weighted by molar-refractivity contribution is 6.30. The normalized spacial score (nSPS) is 12.1. The van der Waals surface area contributed by atoms with Gasteiger partial charge in [-0.15, -0.1) is 0 Å². The molecular weight excluding hydrogens is 286 g/mol. The third-order valence-corrected chi connectivity index (χ3v) is 3.47. The van der Waals surface area contributed by atoms with E-state index in [-0.39, 0.29) is 11.9 Å². The maximum atomic E-state index is 11.9. The average molecular weight is 306 g/mol. The van der Waals surface area contributed by atoms with Gasteiger partial charge in [0.15, 0.2) is 0 Å². The highest BCUT2D eigenvalue weighted by Crippen LogP contribution is 2.12. The minimum atomic E-state index is 0.0633. The third kappa shape index (κ3) is 5.23. The number of aromatic nitrogens is 2. The molecule has 4 nitrogen and oxygen atoms in total. The first-order chi connectivity index (χ1) is 10.0. The summed E-state index contributed by atoms with van der Waals surface area (Å²) in [6.45, 7) is 2.00. The fourth-order valence-electron chi connectivity index (χ4n) is 2.27. The Kier molecular flexibility index (Phi) is 5.39. The number of carbonyl (C=O) groups is 1. The highest BCUT2D eigenvalue weighted by atomic mass is 35.5. The molecule has 1 aromatic heterocycles. The molecule has 0 aliphatic heterocycles. The SMILES string of the molecule is C[C@@H](Cc1cccc(Cl)c1)NC(=O)CCc1cnn(C)c1. The van der Waals surface area contributed by atoms with Crippen LogP contribution in [0.2, 0.25) is 5.02 Å². The van der Waals surface area contributed by atoms with Crippen LogP contribution in [0.4, 0.5) is 0 Å². The molecule has 0 aliphatic carbocycles. The maximum Gasteiger partial charge on any atom is 0.220 e. The van der Waals surface area contributed by atoms with Crippen LogP contribution in [0, 0.1) is 0 Å². The van der Waals surface area contributed by atoms with Crippen LogP contribution in [0.1, 0.15) is 24.5 Å². The summed E-state index contributed by atoms with van der Waals surface area (Å²) in [6, 6.07) is 7.81. The van der Waals surface area contributed by atoms with Crippen molar-refractivity contribution in [1.29, 1.82) is 0 Å². The Morgan fingerprint density at radius 3 is 2.90 bits per heavy atom. The predicted octanol–water partition coefficient (Wildman–Crippen LogP) is 2.75. The molecule has 0 saturated heterocycles. The van der Waals surface area contributed by atoms with Gasteiger partial charge in [0.25, 0.3) is 0 Å². The van der Waals surface area contributed by atoms with Gasteiger partial charge >= 0.3 is 0 Å². The van der Waals surface area contributed by atoms with Crippen LogP contribution in [0.3, 0.4) is 0 Å². The van der Waals surface area contributed by atoms with Crippen LogP contribution in [0.5, 0.6) is 0 Å². The van der Waals surface area contributed by atoms with E-state index in [1.165, 1.54) is 0 Å². The zero-order valence-electron chi connectivity index (χ0n) is 12.3. The molecule has 1 N–H and O–H groups in total. The van der Waals surface area contributed by atoms with Crippen LogP contribution >= 0.6 is 11.6 Å². The van der Waals surface area contributed by atoms with Crippen molar-refractivity contribution in [2.45, 2.75) is 32.2 Å². The zero-order valence-corrected chi connectivity index (χ0v) is 13.1. The second kappa shape index (κ2) is 7.27. The van der Waals surface area contributed by atoms with Crippen molar-refractivity contribution in [3.05, 3.63) is 52.8 Å². The van der Waals surface area contributed by atoms with Crippen molar-refractivity contribution in [3.8, 4) is 0 Å². The molecule has 0 saturated carbocycles. The molecule has 112 valence electrons. The molecule has 0 bridgehead atoms. The molecule has 5 heteroatoms. The molecule has 21 heavy (non-hydrogen) atoms. The summed E-state index contributed by atoms with van der Waals surface area (Å²) in [7, 11) is 1.87. The van der Waals surface area contributed by atoms with Gasteiger partial charge in [-0.2, -0.15) is 5.10 Å². The minimum Gasteiger partial charge on any atom is -0.353 e. The minimum absolute atomic E-state index is 0.0633. The smallest absolute Gasteiger partial charge is 0.220 e. The monoisotopic (exact) mass is 305 g/mol. The van der Waals surface area contributed by atoms with E-state index in [1.54, 1.807) is 10.9 Å². The summed E-state index contributed by atoms with van der Waals surface area (Å²) in [5, 5.41) is 7.83. The number of nitrogens with one attached hydrogen (secondary N) is 1. The average Bonchev–Trinajstić information content (AvgIpc) is 2.82. The highest BCUT2D eigenvalue weighted by Gasteiger charge is 2.09. The standard InChI is InChI=1S/C16H20ClN3O/c1-12(8-13-4-3-5-15(17)9-13)19-16(21)7-6-14-10-18-20(2)11-14/h3-5,9-12H,6-8H2,1-2H3,(H,19,21)/t12-/m0/s1. The van der Waals surface area contributed by atoms with Crippen LogP contribution in [-0.4, -0.2) is 21.7 Å².